The molecule has 0 aromatic heterocycles. The van der Waals surface area contributed by atoms with Gasteiger partial charge in [-0.1, -0.05) is 60.7 Å². The van der Waals surface area contributed by atoms with Crippen molar-refractivity contribution in [3.05, 3.63) is 95.1 Å². The number of halogens is 1. The Morgan fingerprint density at radius 2 is 1.36 bits per heavy atom. The van der Waals surface area contributed by atoms with E-state index >= 15 is 0 Å². The number of rotatable bonds is 2. The summed E-state index contributed by atoms with van der Waals surface area (Å²) in [7, 11) is 2.03. The highest BCUT2D eigenvalue weighted by atomic mass is 35.5. The highest BCUT2D eigenvalue weighted by Crippen LogP contribution is 2.34. The van der Waals surface area contributed by atoms with Crippen molar-refractivity contribution >= 4 is 28.3 Å². The van der Waals surface area contributed by atoms with Gasteiger partial charge in [0.15, 0.2) is 0 Å². The topological polar surface area (TPSA) is 12.2 Å². The standard InChI is InChI=1S/C22H19ClNO/c1-24-13-12-19(22(24)23)18-14-20(16-8-4-2-5-9-16)25-21(15-18)17-10-6-3-7-11-17/h2-11,14-15H,12-13H2,1H3/q+1. The van der Waals surface area contributed by atoms with E-state index in [2.05, 4.69) is 41.0 Å². The van der Waals surface area contributed by atoms with E-state index < -0.39 is 0 Å². The van der Waals surface area contributed by atoms with E-state index in [1.807, 2.05) is 43.4 Å². The lowest BCUT2D eigenvalue weighted by molar-refractivity contribution is -0.486. The maximum Gasteiger partial charge on any atom is 0.273 e. The van der Waals surface area contributed by atoms with Gasteiger partial charge in [0.2, 0.25) is 0 Å². The third kappa shape index (κ3) is 3.18. The zero-order valence-electron chi connectivity index (χ0n) is 14.1. The van der Waals surface area contributed by atoms with Crippen molar-refractivity contribution in [2.75, 3.05) is 13.6 Å². The van der Waals surface area contributed by atoms with Crippen LogP contribution in [0.15, 0.2) is 84.0 Å². The lowest BCUT2D eigenvalue weighted by Gasteiger charge is -2.19. The monoisotopic (exact) mass is 348 g/mol. The first kappa shape index (κ1) is 15.9. The molecule has 0 spiro atoms. The SMILES string of the molecule is C[N+]1=C(Cl)C(=C2C=C(c3ccccc3)OC(c3ccccc3)=C2)CC1. The first-order valence-electron chi connectivity index (χ1n) is 8.41. The van der Waals surface area contributed by atoms with Gasteiger partial charge in [-0.2, -0.15) is 0 Å². The molecule has 3 heteroatoms. The van der Waals surface area contributed by atoms with Crippen molar-refractivity contribution in [3.63, 3.8) is 0 Å². The molecule has 124 valence electrons. The third-order valence-corrected chi connectivity index (χ3v) is 5.06. The Balaban J connectivity index is 1.85. The quantitative estimate of drug-likeness (QED) is 0.689. The molecule has 0 amide bonds. The van der Waals surface area contributed by atoms with Crippen LogP contribution in [0.3, 0.4) is 0 Å². The number of hydrogen-bond acceptors (Lipinski definition) is 1. The molecule has 0 radical (unpaired) electrons. The molecule has 0 atom stereocenters. The van der Waals surface area contributed by atoms with E-state index in [1.165, 1.54) is 5.57 Å². The first-order valence-corrected chi connectivity index (χ1v) is 8.79. The Morgan fingerprint density at radius 3 is 1.80 bits per heavy atom. The van der Waals surface area contributed by atoms with E-state index in [0.717, 1.165) is 46.4 Å². The van der Waals surface area contributed by atoms with Gasteiger partial charge in [0.25, 0.3) is 5.17 Å². The second-order valence-corrected chi connectivity index (χ2v) is 6.61. The highest BCUT2D eigenvalue weighted by Gasteiger charge is 2.27. The van der Waals surface area contributed by atoms with Crippen molar-refractivity contribution in [3.8, 4) is 0 Å². The van der Waals surface area contributed by atoms with E-state index in [9.17, 15) is 0 Å². The molecule has 0 N–H and O–H groups in total. The molecule has 0 unspecified atom stereocenters. The summed E-state index contributed by atoms with van der Waals surface area (Å²) in [5, 5.41) is 0.823. The molecule has 2 aromatic carbocycles. The molecule has 25 heavy (non-hydrogen) atoms. The molecule has 2 heterocycles. The van der Waals surface area contributed by atoms with Crippen LogP contribution in [0.2, 0.25) is 0 Å². The van der Waals surface area contributed by atoms with E-state index in [1.54, 1.807) is 0 Å². The van der Waals surface area contributed by atoms with Crippen LogP contribution >= 0.6 is 11.6 Å². The summed E-state index contributed by atoms with van der Waals surface area (Å²) in [4.78, 5) is 0. The van der Waals surface area contributed by atoms with Crippen molar-refractivity contribution < 1.29 is 9.31 Å². The zero-order chi connectivity index (χ0) is 17.2. The third-order valence-electron chi connectivity index (χ3n) is 4.54. The summed E-state index contributed by atoms with van der Waals surface area (Å²) in [6, 6.07) is 20.4. The molecule has 0 bridgehead atoms. The number of ether oxygens (including phenoxy) is 1. The van der Waals surface area contributed by atoms with Crippen LogP contribution < -0.4 is 0 Å². The van der Waals surface area contributed by atoms with Gasteiger partial charge < -0.3 is 4.74 Å². The predicted molar refractivity (Wildman–Crippen MR) is 103 cm³/mol. The van der Waals surface area contributed by atoms with Crippen LogP contribution in [0.5, 0.6) is 0 Å². The molecule has 0 saturated carbocycles. The van der Waals surface area contributed by atoms with Crippen molar-refractivity contribution in [1.29, 1.82) is 0 Å². The summed E-state index contributed by atoms with van der Waals surface area (Å²) >= 11 is 6.53. The summed E-state index contributed by atoms with van der Waals surface area (Å²) in [6.07, 6.45) is 5.14. The Hall–Kier alpha value is -2.58. The molecule has 2 aliphatic rings. The predicted octanol–water partition coefficient (Wildman–Crippen LogP) is 5.08. The maximum atomic E-state index is 6.53. The second-order valence-electron chi connectivity index (χ2n) is 6.25. The molecular weight excluding hydrogens is 330 g/mol. The molecule has 0 fully saturated rings. The number of benzene rings is 2. The lowest BCUT2D eigenvalue weighted by Crippen LogP contribution is -2.06. The normalized spacial score (nSPS) is 17.4. The highest BCUT2D eigenvalue weighted by molar-refractivity contribution is 6.68. The number of allylic oxidation sites excluding steroid dienone is 3. The van der Waals surface area contributed by atoms with Gasteiger partial charge in [0, 0.05) is 23.1 Å². The van der Waals surface area contributed by atoms with E-state index in [4.69, 9.17) is 16.3 Å². The minimum Gasteiger partial charge on any atom is -0.456 e. The van der Waals surface area contributed by atoms with Crippen LogP contribution in [-0.4, -0.2) is 23.3 Å². The van der Waals surface area contributed by atoms with Crippen molar-refractivity contribution in [1.82, 2.24) is 0 Å². The van der Waals surface area contributed by atoms with Gasteiger partial charge in [-0.15, -0.1) is 0 Å². The van der Waals surface area contributed by atoms with Crippen LogP contribution in [0.4, 0.5) is 0 Å². The zero-order valence-corrected chi connectivity index (χ0v) is 14.8. The fourth-order valence-corrected chi connectivity index (χ4v) is 3.43. The van der Waals surface area contributed by atoms with Gasteiger partial charge in [0.05, 0.1) is 0 Å². The van der Waals surface area contributed by atoms with Gasteiger partial charge in [-0.25, -0.2) is 4.58 Å². The summed E-state index contributed by atoms with van der Waals surface area (Å²) in [6.45, 7) is 0.946. The Labute approximate surface area is 153 Å². The van der Waals surface area contributed by atoms with E-state index in [-0.39, 0.29) is 0 Å². The summed E-state index contributed by atoms with van der Waals surface area (Å²) < 4.78 is 8.32. The van der Waals surface area contributed by atoms with Crippen LogP contribution in [0, 0.1) is 0 Å². The van der Waals surface area contributed by atoms with Crippen molar-refractivity contribution in [2.24, 2.45) is 0 Å². The Morgan fingerprint density at radius 1 is 0.840 bits per heavy atom. The Bertz CT molecular complexity index is 864. The molecule has 0 saturated heterocycles. The van der Waals surface area contributed by atoms with Crippen molar-refractivity contribution in [2.45, 2.75) is 6.42 Å². The molecule has 4 rings (SSSR count). The first-order chi connectivity index (χ1) is 12.2. The smallest absolute Gasteiger partial charge is 0.273 e. The molecule has 0 aliphatic carbocycles. The number of hydrogen-bond donors (Lipinski definition) is 0. The second kappa shape index (κ2) is 6.73. The lowest BCUT2D eigenvalue weighted by atomic mass is 10.00. The largest absolute Gasteiger partial charge is 0.456 e. The molecule has 2 aliphatic heterocycles. The molecule has 2 nitrogen and oxygen atoms in total. The van der Waals surface area contributed by atoms with Gasteiger partial charge in [-0.3, -0.25) is 0 Å². The summed E-state index contributed by atoms with van der Waals surface area (Å²) in [5.74, 6) is 1.70. The average Bonchev–Trinajstić information content (AvgIpc) is 3.02. The maximum absolute atomic E-state index is 6.53. The van der Waals surface area contributed by atoms with Gasteiger partial charge in [0.1, 0.15) is 25.1 Å². The van der Waals surface area contributed by atoms with Gasteiger partial charge in [-0.05, 0) is 29.3 Å². The van der Waals surface area contributed by atoms with Crippen LogP contribution in [0.1, 0.15) is 17.5 Å². The van der Waals surface area contributed by atoms with Crippen LogP contribution in [0.25, 0.3) is 11.5 Å². The average molecular weight is 349 g/mol. The van der Waals surface area contributed by atoms with Crippen LogP contribution in [-0.2, 0) is 4.74 Å². The number of nitrogens with zero attached hydrogens (tertiary/aromatic N) is 1. The van der Waals surface area contributed by atoms with E-state index in [0.29, 0.717) is 0 Å². The molecule has 2 aromatic rings. The fraction of sp³-hybridized carbons (Fsp3) is 0.136. The minimum atomic E-state index is 0.823. The molecular formula is C22H19ClNO+. The fourth-order valence-electron chi connectivity index (χ4n) is 3.14. The summed E-state index contributed by atoms with van der Waals surface area (Å²) in [5.41, 5.74) is 4.42. The Kier molecular flexibility index (Phi) is 4.29. The van der Waals surface area contributed by atoms with Gasteiger partial charge >= 0.3 is 0 Å². The minimum absolute atomic E-state index is 0.823.